The third kappa shape index (κ3) is 3.22. The Balaban J connectivity index is 2.03. The zero-order chi connectivity index (χ0) is 16.2. The van der Waals surface area contributed by atoms with Gasteiger partial charge < -0.3 is 10.1 Å². The van der Waals surface area contributed by atoms with Crippen LogP contribution in [0.5, 0.6) is 0 Å². The molecule has 0 saturated heterocycles. The number of carbonyl (C=O) groups excluding carboxylic acids is 2. The van der Waals surface area contributed by atoms with Gasteiger partial charge in [0.05, 0.1) is 21.7 Å². The summed E-state index contributed by atoms with van der Waals surface area (Å²) < 4.78 is 5.09. The number of fused-ring (bicyclic) bond motifs is 1. The Hall–Kier alpha value is -2.73. The van der Waals surface area contributed by atoms with Crippen molar-refractivity contribution in [1.82, 2.24) is 10.3 Å². The van der Waals surface area contributed by atoms with Crippen LogP contribution in [-0.4, -0.2) is 30.5 Å². The predicted octanol–water partition coefficient (Wildman–Crippen LogP) is 2.87. The van der Waals surface area contributed by atoms with E-state index in [1.165, 1.54) is 7.05 Å². The van der Waals surface area contributed by atoms with Crippen LogP contribution in [0.1, 0.15) is 10.4 Å². The molecule has 3 aromatic rings. The van der Waals surface area contributed by atoms with E-state index in [2.05, 4.69) is 10.3 Å². The molecular weight excluding hydrogens is 312 g/mol. The van der Waals surface area contributed by atoms with Crippen LogP contribution in [0.4, 0.5) is 0 Å². The number of nitrogens with zero attached hydrogens (tertiary/aromatic N) is 1. The molecule has 0 atom stereocenters. The van der Waals surface area contributed by atoms with E-state index < -0.39 is 5.97 Å². The van der Waals surface area contributed by atoms with Crippen molar-refractivity contribution in [2.45, 2.75) is 0 Å². The van der Waals surface area contributed by atoms with Crippen molar-refractivity contribution in [2.24, 2.45) is 0 Å². The maximum atomic E-state index is 12.4. The molecule has 0 fully saturated rings. The summed E-state index contributed by atoms with van der Waals surface area (Å²) in [5.74, 6) is -0.889. The highest BCUT2D eigenvalue weighted by Gasteiger charge is 2.16. The van der Waals surface area contributed by atoms with Gasteiger partial charge in [-0.3, -0.25) is 4.79 Å². The Labute approximate surface area is 136 Å². The SMILES string of the molecule is CNC(=O)COC(=O)c1cc(-c2cccs2)nc2ccccc12. The molecule has 0 bridgehead atoms. The largest absolute Gasteiger partial charge is 0.452 e. The van der Waals surface area contributed by atoms with E-state index in [0.29, 0.717) is 22.2 Å². The van der Waals surface area contributed by atoms with Crippen LogP contribution < -0.4 is 5.32 Å². The molecule has 116 valence electrons. The number of para-hydroxylation sites is 1. The fourth-order valence-corrected chi connectivity index (χ4v) is 2.86. The number of aromatic nitrogens is 1. The summed E-state index contributed by atoms with van der Waals surface area (Å²) >= 11 is 1.55. The Morgan fingerprint density at radius 3 is 2.78 bits per heavy atom. The predicted molar refractivity (Wildman–Crippen MR) is 89.4 cm³/mol. The summed E-state index contributed by atoms with van der Waals surface area (Å²) in [7, 11) is 1.49. The van der Waals surface area contributed by atoms with E-state index in [9.17, 15) is 9.59 Å². The number of pyridine rings is 1. The first-order valence-corrected chi connectivity index (χ1v) is 7.88. The number of likely N-dealkylation sites (N-methyl/N-ethyl adjacent to an activating group) is 1. The number of thiophene rings is 1. The van der Waals surface area contributed by atoms with E-state index in [1.54, 1.807) is 17.4 Å². The molecule has 2 heterocycles. The van der Waals surface area contributed by atoms with Crippen LogP contribution in [0, 0.1) is 0 Å². The summed E-state index contributed by atoms with van der Waals surface area (Å²) in [6.45, 7) is -0.305. The molecule has 1 aromatic carbocycles. The van der Waals surface area contributed by atoms with E-state index in [1.807, 2.05) is 41.8 Å². The molecule has 6 heteroatoms. The third-order valence-electron chi connectivity index (χ3n) is 3.32. The van der Waals surface area contributed by atoms with Gasteiger partial charge in [0.15, 0.2) is 6.61 Å². The zero-order valence-electron chi connectivity index (χ0n) is 12.4. The van der Waals surface area contributed by atoms with Gasteiger partial charge in [-0.15, -0.1) is 11.3 Å². The first-order valence-electron chi connectivity index (χ1n) is 7.00. The lowest BCUT2D eigenvalue weighted by Crippen LogP contribution is -2.25. The Morgan fingerprint density at radius 2 is 2.04 bits per heavy atom. The summed E-state index contributed by atoms with van der Waals surface area (Å²) in [4.78, 5) is 29.2. The average molecular weight is 326 g/mol. The number of benzene rings is 1. The summed E-state index contributed by atoms with van der Waals surface area (Å²) in [5.41, 5.74) is 1.83. The normalized spacial score (nSPS) is 10.5. The molecule has 0 radical (unpaired) electrons. The minimum Gasteiger partial charge on any atom is -0.452 e. The first kappa shape index (κ1) is 15.2. The highest BCUT2D eigenvalue weighted by Crippen LogP contribution is 2.28. The number of hydrogen-bond donors (Lipinski definition) is 1. The second-order valence-electron chi connectivity index (χ2n) is 4.80. The lowest BCUT2D eigenvalue weighted by Gasteiger charge is -2.09. The van der Waals surface area contributed by atoms with Crippen molar-refractivity contribution in [3.8, 4) is 10.6 Å². The molecule has 23 heavy (non-hydrogen) atoms. The number of nitrogens with one attached hydrogen (secondary N) is 1. The maximum Gasteiger partial charge on any atom is 0.339 e. The summed E-state index contributed by atoms with van der Waals surface area (Å²) in [6.07, 6.45) is 0. The fourth-order valence-electron chi connectivity index (χ4n) is 2.18. The number of ether oxygens (including phenoxy) is 1. The average Bonchev–Trinajstić information content (AvgIpc) is 3.13. The molecule has 5 nitrogen and oxygen atoms in total. The summed E-state index contributed by atoms with van der Waals surface area (Å²) in [5, 5.41) is 5.07. The van der Waals surface area contributed by atoms with Crippen LogP contribution in [0.2, 0.25) is 0 Å². The van der Waals surface area contributed by atoms with E-state index in [0.717, 1.165) is 4.88 Å². The smallest absolute Gasteiger partial charge is 0.339 e. The van der Waals surface area contributed by atoms with Gasteiger partial charge in [0.25, 0.3) is 5.91 Å². The molecule has 0 spiro atoms. The number of hydrogen-bond acceptors (Lipinski definition) is 5. The van der Waals surface area contributed by atoms with Gasteiger partial charge in [-0.05, 0) is 23.6 Å². The van der Waals surface area contributed by atoms with Gasteiger partial charge in [-0.1, -0.05) is 24.3 Å². The molecule has 1 N–H and O–H groups in total. The quantitative estimate of drug-likeness (QED) is 0.749. The van der Waals surface area contributed by atoms with E-state index >= 15 is 0 Å². The highest BCUT2D eigenvalue weighted by atomic mass is 32.1. The number of carbonyl (C=O) groups is 2. The van der Waals surface area contributed by atoms with Crippen molar-refractivity contribution in [2.75, 3.05) is 13.7 Å². The van der Waals surface area contributed by atoms with E-state index in [-0.39, 0.29) is 12.5 Å². The fraction of sp³-hybridized carbons (Fsp3) is 0.118. The monoisotopic (exact) mass is 326 g/mol. The molecule has 0 saturated carbocycles. The topological polar surface area (TPSA) is 68.3 Å². The van der Waals surface area contributed by atoms with Crippen LogP contribution in [-0.2, 0) is 9.53 Å². The van der Waals surface area contributed by atoms with Crippen molar-refractivity contribution >= 4 is 34.1 Å². The van der Waals surface area contributed by atoms with Crippen LogP contribution in [0.3, 0.4) is 0 Å². The van der Waals surface area contributed by atoms with Gasteiger partial charge in [-0.2, -0.15) is 0 Å². The Bertz CT molecular complexity index is 859. The first-order chi connectivity index (χ1) is 11.2. The molecular formula is C17H14N2O3S. The Morgan fingerprint density at radius 1 is 1.22 bits per heavy atom. The van der Waals surface area contributed by atoms with Crippen molar-refractivity contribution in [1.29, 1.82) is 0 Å². The van der Waals surface area contributed by atoms with Crippen LogP contribution in [0.15, 0.2) is 47.8 Å². The molecule has 1 amide bonds. The molecule has 0 aliphatic rings. The second kappa shape index (κ2) is 6.58. The molecule has 0 unspecified atom stereocenters. The number of rotatable bonds is 4. The summed E-state index contributed by atoms with van der Waals surface area (Å²) in [6, 6.07) is 13.0. The zero-order valence-corrected chi connectivity index (χ0v) is 13.2. The molecule has 2 aromatic heterocycles. The number of amides is 1. The number of esters is 1. The third-order valence-corrected chi connectivity index (χ3v) is 4.22. The minimum atomic E-state index is -0.537. The van der Waals surface area contributed by atoms with Crippen LogP contribution >= 0.6 is 11.3 Å². The van der Waals surface area contributed by atoms with Crippen molar-refractivity contribution in [3.63, 3.8) is 0 Å². The lowest BCUT2D eigenvalue weighted by molar-refractivity contribution is -0.123. The standard InChI is InChI=1S/C17H14N2O3S/c1-18-16(20)10-22-17(21)12-9-14(15-7-4-8-23-15)19-13-6-3-2-5-11(12)13/h2-9H,10H2,1H3,(H,18,20). The molecule has 3 rings (SSSR count). The van der Waals surface area contributed by atoms with Crippen LogP contribution in [0.25, 0.3) is 21.5 Å². The van der Waals surface area contributed by atoms with Crippen molar-refractivity contribution in [3.05, 3.63) is 53.4 Å². The minimum absolute atomic E-state index is 0.305. The van der Waals surface area contributed by atoms with Gasteiger partial charge in [0, 0.05) is 12.4 Å². The van der Waals surface area contributed by atoms with Gasteiger partial charge in [0.2, 0.25) is 0 Å². The van der Waals surface area contributed by atoms with Gasteiger partial charge >= 0.3 is 5.97 Å². The molecule has 0 aliphatic heterocycles. The van der Waals surface area contributed by atoms with Gasteiger partial charge in [-0.25, -0.2) is 9.78 Å². The Kier molecular flexibility index (Phi) is 4.34. The van der Waals surface area contributed by atoms with E-state index in [4.69, 9.17) is 4.74 Å². The second-order valence-corrected chi connectivity index (χ2v) is 5.75. The van der Waals surface area contributed by atoms with Gasteiger partial charge in [0.1, 0.15) is 0 Å². The highest BCUT2D eigenvalue weighted by molar-refractivity contribution is 7.13. The molecule has 0 aliphatic carbocycles. The lowest BCUT2D eigenvalue weighted by atomic mass is 10.1. The maximum absolute atomic E-state index is 12.4. The van der Waals surface area contributed by atoms with Crippen molar-refractivity contribution < 1.29 is 14.3 Å².